The number of phenolic OH excluding ortho intramolecular Hbond substituents is 2. The minimum absolute atomic E-state index is 0.282. The first-order chi connectivity index (χ1) is 11.0. The van der Waals surface area contributed by atoms with Gasteiger partial charge in [-0.2, -0.15) is 0 Å². The van der Waals surface area contributed by atoms with E-state index in [9.17, 15) is 10.2 Å². The van der Waals surface area contributed by atoms with Gasteiger partial charge in [0.05, 0.1) is 0 Å². The maximum atomic E-state index is 10.8. The topological polar surface area (TPSA) is 40.5 Å². The molecule has 1 saturated carbocycles. The van der Waals surface area contributed by atoms with Crippen molar-refractivity contribution in [1.29, 1.82) is 0 Å². The third-order valence-electron chi connectivity index (χ3n) is 5.74. The van der Waals surface area contributed by atoms with E-state index >= 15 is 0 Å². The molecule has 1 aliphatic carbocycles. The maximum absolute atomic E-state index is 10.8. The zero-order valence-electron chi connectivity index (χ0n) is 14.3. The van der Waals surface area contributed by atoms with Crippen LogP contribution in [0.2, 0.25) is 0 Å². The van der Waals surface area contributed by atoms with Crippen LogP contribution in [0.4, 0.5) is 0 Å². The summed E-state index contributed by atoms with van der Waals surface area (Å²) in [5, 5.41) is 21.3. The Kier molecular flexibility index (Phi) is 4.09. The van der Waals surface area contributed by atoms with Crippen LogP contribution in [0.5, 0.6) is 11.5 Å². The highest BCUT2D eigenvalue weighted by molar-refractivity contribution is 5.57. The minimum atomic E-state index is -0.282. The summed E-state index contributed by atoms with van der Waals surface area (Å²) in [5.74, 6) is 0.710. The predicted octanol–water partition coefficient (Wildman–Crippen LogP) is 5.27. The van der Waals surface area contributed by atoms with Crippen LogP contribution in [-0.2, 0) is 5.41 Å². The molecule has 0 radical (unpaired) electrons. The molecule has 2 heteroatoms. The first kappa shape index (κ1) is 15.9. The van der Waals surface area contributed by atoms with Crippen LogP contribution in [0.3, 0.4) is 0 Å². The molecule has 0 bridgehead atoms. The molecule has 0 aromatic heterocycles. The molecule has 0 spiro atoms. The van der Waals surface area contributed by atoms with Crippen molar-refractivity contribution >= 4 is 0 Å². The Morgan fingerprint density at radius 1 is 0.826 bits per heavy atom. The van der Waals surface area contributed by atoms with Crippen molar-refractivity contribution in [2.24, 2.45) is 0 Å². The molecule has 122 valence electrons. The summed E-state index contributed by atoms with van der Waals surface area (Å²) in [7, 11) is 0. The molecule has 0 unspecified atom stereocenters. The number of aryl methyl sites for hydroxylation is 1. The minimum Gasteiger partial charge on any atom is -0.508 e. The number of phenols is 2. The van der Waals surface area contributed by atoms with Gasteiger partial charge in [-0.25, -0.2) is 0 Å². The fraction of sp³-hybridized carbons (Fsp3) is 0.429. The van der Waals surface area contributed by atoms with Gasteiger partial charge in [0.1, 0.15) is 11.5 Å². The van der Waals surface area contributed by atoms with E-state index in [0.717, 1.165) is 47.9 Å². The standard InChI is InChI=1S/C21H26O2/c1-14-13-19(23)20(16(3)15(14)2)21(11-7-4-8-12-21)17-9-5-6-10-18(17)22/h5-6,9-10,13,22-23H,4,7-8,11-12H2,1-3H3. The fourth-order valence-electron chi connectivity index (χ4n) is 4.35. The van der Waals surface area contributed by atoms with E-state index in [1.165, 1.54) is 12.0 Å². The van der Waals surface area contributed by atoms with E-state index in [-0.39, 0.29) is 5.41 Å². The van der Waals surface area contributed by atoms with Crippen molar-refractivity contribution in [3.8, 4) is 11.5 Å². The summed E-state index contributed by atoms with van der Waals surface area (Å²) in [6.07, 6.45) is 5.42. The van der Waals surface area contributed by atoms with Crippen molar-refractivity contribution in [3.63, 3.8) is 0 Å². The summed E-state index contributed by atoms with van der Waals surface area (Å²) in [6.45, 7) is 6.27. The van der Waals surface area contributed by atoms with Crippen molar-refractivity contribution in [2.45, 2.75) is 58.3 Å². The smallest absolute Gasteiger partial charge is 0.120 e. The number of hydrogen-bond acceptors (Lipinski definition) is 2. The Labute approximate surface area is 138 Å². The second-order valence-electron chi connectivity index (χ2n) is 7.00. The van der Waals surface area contributed by atoms with Crippen LogP contribution in [0.15, 0.2) is 30.3 Å². The first-order valence-electron chi connectivity index (χ1n) is 8.56. The molecule has 1 fully saturated rings. The van der Waals surface area contributed by atoms with Gasteiger partial charge in [0.15, 0.2) is 0 Å². The third kappa shape index (κ3) is 2.50. The lowest BCUT2D eigenvalue weighted by atomic mass is 9.63. The Morgan fingerprint density at radius 2 is 1.48 bits per heavy atom. The molecule has 1 aliphatic rings. The molecule has 0 heterocycles. The van der Waals surface area contributed by atoms with Gasteiger partial charge in [0.25, 0.3) is 0 Å². The molecule has 2 aromatic rings. The molecular formula is C21H26O2. The quantitative estimate of drug-likeness (QED) is 0.793. The van der Waals surface area contributed by atoms with Gasteiger partial charge in [-0.15, -0.1) is 0 Å². The number of rotatable bonds is 2. The third-order valence-corrected chi connectivity index (χ3v) is 5.74. The van der Waals surface area contributed by atoms with Crippen molar-refractivity contribution in [2.75, 3.05) is 0 Å². The Hall–Kier alpha value is -1.96. The van der Waals surface area contributed by atoms with Gasteiger partial charge in [-0.1, -0.05) is 37.5 Å². The molecule has 0 saturated heterocycles. The highest BCUT2D eigenvalue weighted by Gasteiger charge is 2.40. The number of benzene rings is 2. The number of hydrogen-bond donors (Lipinski definition) is 2. The fourth-order valence-corrected chi connectivity index (χ4v) is 4.35. The second-order valence-corrected chi connectivity index (χ2v) is 7.00. The summed E-state index contributed by atoms with van der Waals surface area (Å²) in [5.41, 5.74) is 5.21. The van der Waals surface area contributed by atoms with Crippen molar-refractivity contribution < 1.29 is 10.2 Å². The molecule has 23 heavy (non-hydrogen) atoms. The zero-order chi connectivity index (χ0) is 16.6. The molecule has 0 amide bonds. The Balaban J connectivity index is 2.31. The van der Waals surface area contributed by atoms with Crippen LogP contribution in [0.25, 0.3) is 0 Å². The zero-order valence-corrected chi connectivity index (χ0v) is 14.3. The summed E-state index contributed by atoms with van der Waals surface area (Å²) >= 11 is 0. The lowest BCUT2D eigenvalue weighted by molar-refractivity contribution is 0.320. The lowest BCUT2D eigenvalue weighted by Crippen LogP contribution is -2.32. The SMILES string of the molecule is Cc1cc(O)c(C2(c3ccccc3O)CCCCC2)c(C)c1C. The van der Waals surface area contributed by atoms with E-state index in [1.807, 2.05) is 31.2 Å². The maximum Gasteiger partial charge on any atom is 0.120 e. The predicted molar refractivity (Wildman–Crippen MR) is 94.3 cm³/mol. The van der Waals surface area contributed by atoms with Crippen LogP contribution in [-0.4, -0.2) is 10.2 Å². The average molecular weight is 310 g/mol. The normalized spacial score (nSPS) is 17.2. The summed E-state index contributed by atoms with van der Waals surface area (Å²) in [6, 6.07) is 9.52. The molecule has 2 aromatic carbocycles. The van der Waals surface area contributed by atoms with Gasteiger partial charge in [0.2, 0.25) is 0 Å². The lowest BCUT2D eigenvalue weighted by Gasteiger charge is -2.40. The largest absolute Gasteiger partial charge is 0.508 e. The molecular weight excluding hydrogens is 284 g/mol. The van der Waals surface area contributed by atoms with E-state index in [0.29, 0.717) is 11.5 Å². The van der Waals surface area contributed by atoms with Crippen molar-refractivity contribution in [3.05, 3.63) is 58.1 Å². The summed E-state index contributed by atoms with van der Waals surface area (Å²) < 4.78 is 0. The molecule has 2 N–H and O–H groups in total. The van der Waals surface area contributed by atoms with Crippen LogP contribution in [0.1, 0.15) is 59.9 Å². The number of aromatic hydroxyl groups is 2. The average Bonchev–Trinajstić information content (AvgIpc) is 2.54. The van der Waals surface area contributed by atoms with Crippen LogP contribution >= 0.6 is 0 Å². The van der Waals surface area contributed by atoms with Crippen LogP contribution in [0, 0.1) is 20.8 Å². The second kappa shape index (κ2) is 5.92. The first-order valence-corrected chi connectivity index (χ1v) is 8.56. The highest BCUT2D eigenvalue weighted by Crippen LogP contribution is 2.51. The van der Waals surface area contributed by atoms with E-state index in [4.69, 9.17) is 0 Å². The monoisotopic (exact) mass is 310 g/mol. The van der Waals surface area contributed by atoms with E-state index in [2.05, 4.69) is 13.8 Å². The van der Waals surface area contributed by atoms with Gasteiger partial charge >= 0.3 is 0 Å². The van der Waals surface area contributed by atoms with E-state index < -0.39 is 0 Å². The van der Waals surface area contributed by atoms with Gasteiger partial charge in [-0.05, 0) is 62.4 Å². The highest BCUT2D eigenvalue weighted by atomic mass is 16.3. The molecule has 3 rings (SSSR count). The Morgan fingerprint density at radius 3 is 2.13 bits per heavy atom. The van der Waals surface area contributed by atoms with Gasteiger partial charge < -0.3 is 10.2 Å². The number of para-hydroxylation sites is 1. The summed E-state index contributed by atoms with van der Waals surface area (Å²) in [4.78, 5) is 0. The van der Waals surface area contributed by atoms with Crippen LogP contribution < -0.4 is 0 Å². The Bertz CT molecular complexity index is 725. The molecule has 2 nitrogen and oxygen atoms in total. The van der Waals surface area contributed by atoms with Gasteiger partial charge in [-0.3, -0.25) is 0 Å². The van der Waals surface area contributed by atoms with Crippen molar-refractivity contribution in [1.82, 2.24) is 0 Å². The molecule has 0 atom stereocenters. The van der Waals surface area contributed by atoms with E-state index in [1.54, 1.807) is 6.07 Å². The molecule has 0 aliphatic heterocycles. The van der Waals surface area contributed by atoms with Gasteiger partial charge in [0, 0.05) is 16.5 Å².